The monoisotopic (exact) mass is 236 g/mol. The van der Waals surface area contributed by atoms with Gasteiger partial charge in [0.25, 0.3) is 0 Å². The van der Waals surface area contributed by atoms with Crippen molar-refractivity contribution in [3.05, 3.63) is 23.8 Å². The zero-order valence-electron chi connectivity index (χ0n) is 11.5. The van der Waals surface area contributed by atoms with Crippen molar-refractivity contribution in [3.8, 4) is 11.5 Å². The lowest BCUT2D eigenvalue weighted by Gasteiger charge is -2.12. The van der Waals surface area contributed by atoms with Crippen LogP contribution in [0.1, 0.15) is 45.6 Å². The van der Waals surface area contributed by atoms with E-state index in [-0.39, 0.29) is 0 Å². The highest BCUT2D eigenvalue weighted by atomic mass is 16.5. The molecule has 0 bridgehead atoms. The van der Waals surface area contributed by atoms with Crippen LogP contribution in [0, 0.1) is 6.92 Å². The molecule has 0 unspecified atom stereocenters. The predicted octanol–water partition coefficient (Wildman–Crippen LogP) is 4.35. The third-order valence-electron chi connectivity index (χ3n) is 2.38. The number of hydrogen-bond donors (Lipinski definition) is 0. The van der Waals surface area contributed by atoms with Crippen LogP contribution in [0.15, 0.2) is 18.2 Å². The van der Waals surface area contributed by atoms with Gasteiger partial charge in [-0.2, -0.15) is 0 Å². The zero-order valence-corrected chi connectivity index (χ0v) is 11.5. The molecule has 0 amide bonds. The molecule has 0 aliphatic heterocycles. The van der Waals surface area contributed by atoms with E-state index < -0.39 is 0 Å². The Balaban J connectivity index is 0.000000686. The maximum Gasteiger partial charge on any atom is 0.161 e. The van der Waals surface area contributed by atoms with Crippen LogP contribution in [0.5, 0.6) is 11.5 Å². The zero-order chi connectivity index (χ0) is 12.7. The molecule has 2 rings (SSSR count). The highest BCUT2D eigenvalue weighted by Gasteiger charge is 2.24. The third kappa shape index (κ3) is 4.68. The Kier molecular flexibility index (Phi) is 5.88. The van der Waals surface area contributed by atoms with E-state index in [9.17, 15) is 0 Å². The molecule has 0 N–H and O–H groups in total. The Bertz CT molecular complexity index is 330. The Hall–Kier alpha value is -1.18. The molecule has 2 nitrogen and oxygen atoms in total. The predicted molar refractivity (Wildman–Crippen MR) is 72.0 cm³/mol. The van der Waals surface area contributed by atoms with E-state index in [0.717, 1.165) is 24.5 Å². The van der Waals surface area contributed by atoms with Gasteiger partial charge >= 0.3 is 0 Å². The second-order valence-corrected chi connectivity index (χ2v) is 4.12. The minimum atomic E-state index is 0.427. The second-order valence-electron chi connectivity index (χ2n) is 4.12. The van der Waals surface area contributed by atoms with E-state index >= 15 is 0 Å². The fraction of sp³-hybridized carbons (Fsp3) is 0.600. The topological polar surface area (TPSA) is 18.5 Å². The quantitative estimate of drug-likeness (QED) is 0.756. The summed E-state index contributed by atoms with van der Waals surface area (Å²) in [6.07, 6.45) is 3.81. The molecule has 1 aliphatic rings. The van der Waals surface area contributed by atoms with Crippen LogP contribution in [-0.2, 0) is 0 Å². The van der Waals surface area contributed by atoms with Crippen LogP contribution >= 0.6 is 0 Å². The first-order valence-electron chi connectivity index (χ1n) is 6.69. The summed E-state index contributed by atoms with van der Waals surface area (Å²) < 4.78 is 11.5. The minimum Gasteiger partial charge on any atom is -0.490 e. The summed E-state index contributed by atoms with van der Waals surface area (Å²) in [6, 6.07) is 6.12. The third-order valence-corrected chi connectivity index (χ3v) is 2.38. The van der Waals surface area contributed by atoms with Crippen molar-refractivity contribution in [2.24, 2.45) is 0 Å². The van der Waals surface area contributed by atoms with Crippen LogP contribution in [-0.4, -0.2) is 12.7 Å². The van der Waals surface area contributed by atoms with Gasteiger partial charge in [-0.05, 0) is 43.9 Å². The van der Waals surface area contributed by atoms with Crippen LogP contribution in [0.2, 0.25) is 0 Å². The lowest BCUT2D eigenvalue weighted by molar-refractivity contribution is 0.260. The normalized spacial score (nSPS) is 13.6. The summed E-state index contributed by atoms with van der Waals surface area (Å²) in [4.78, 5) is 0. The van der Waals surface area contributed by atoms with Gasteiger partial charge < -0.3 is 9.47 Å². The molecular weight excluding hydrogens is 212 g/mol. The number of aryl methyl sites for hydroxylation is 1. The van der Waals surface area contributed by atoms with Crippen LogP contribution in [0.3, 0.4) is 0 Å². The maximum absolute atomic E-state index is 5.81. The molecular formula is C15H24O2. The van der Waals surface area contributed by atoms with Crippen molar-refractivity contribution in [3.63, 3.8) is 0 Å². The lowest BCUT2D eigenvalue weighted by atomic mass is 10.2. The first kappa shape index (κ1) is 13.9. The average Bonchev–Trinajstić information content (AvgIpc) is 3.15. The van der Waals surface area contributed by atoms with Gasteiger partial charge in [0.05, 0.1) is 12.7 Å². The molecule has 0 saturated heterocycles. The van der Waals surface area contributed by atoms with Crippen molar-refractivity contribution >= 4 is 0 Å². The summed E-state index contributed by atoms with van der Waals surface area (Å²) in [5.41, 5.74) is 1.22. The van der Waals surface area contributed by atoms with E-state index in [4.69, 9.17) is 9.47 Å². The van der Waals surface area contributed by atoms with Gasteiger partial charge in [-0.25, -0.2) is 0 Å². The largest absolute Gasteiger partial charge is 0.490 e. The van der Waals surface area contributed by atoms with E-state index in [2.05, 4.69) is 26.0 Å². The fourth-order valence-corrected chi connectivity index (χ4v) is 1.40. The summed E-state index contributed by atoms with van der Waals surface area (Å²) in [7, 11) is 0. The molecule has 1 fully saturated rings. The Labute approximate surface area is 105 Å². The molecule has 0 spiro atoms. The lowest BCUT2D eigenvalue weighted by Crippen LogP contribution is -2.01. The molecule has 1 saturated carbocycles. The maximum atomic E-state index is 5.81. The van der Waals surface area contributed by atoms with E-state index in [1.54, 1.807) is 0 Å². The molecule has 96 valence electrons. The average molecular weight is 236 g/mol. The Morgan fingerprint density at radius 2 is 1.88 bits per heavy atom. The highest BCUT2D eigenvalue weighted by Crippen LogP contribution is 2.34. The van der Waals surface area contributed by atoms with Gasteiger partial charge in [-0.15, -0.1) is 0 Å². The van der Waals surface area contributed by atoms with E-state index in [1.807, 2.05) is 19.9 Å². The molecule has 1 aromatic rings. The molecule has 0 radical (unpaired) electrons. The van der Waals surface area contributed by atoms with E-state index in [0.29, 0.717) is 6.10 Å². The number of ether oxygens (including phenoxy) is 2. The van der Waals surface area contributed by atoms with Gasteiger partial charge in [-0.3, -0.25) is 0 Å². The summed E-state index contributed by atoms with van der Waals surface area (Å²) in [6.45, 7) is 8.93. The Morgan fingerprint density at radius 1 is 1.18 bits per heavy atom. The standard InChI is InChI=1S/C13H18O2.C2H6/c1-3-8-14-12-7-4-10(2)9-13(12)15-11-5-6-11;1-2/h4,7,9,11H,3,5-6,8H2,1-2H3;1-2H3. The van der Waals surface area contributed by atoms with Crippen molar-refractivity contribution in [1.29, 1.82) is 0 Å². The molecule has 0 aromatic heterocycles. The van der Waals surface area contributed by atoms with Gasteiger partial charge in [-0.1, -0.05) is 26.8 Å². The van der Waals surface area contributed by atoms with Crippen LogP contribution in [0.25, 0.3) is 0 Å². The smallest absolute Gasteiger partial charge is 0.161 e. The molecule has 1 aromatic carbocycles. The van der Waals surface area contributed by atoms with Gasteiger partial charge in [0, 0.05) is 0 Å². The molecule has 17 heavy (non-hydrogen) atoms. The van der Waals surface area contributed by atoms with Crippen molar-refractivity contribution in [2.45, 2.75) is 53.1 Å². The minimum absolute atomic E-state index is 0.427. The first-order valence-corrected chi connectivity index (χ1v) is 6.69. The second kappa shape index (κ2) is 7.21. The number of hydrogen-bond acceptors (Lipinski definition) is 2. The summed E-state index contributed by atoms with van der Waals surface area (Å²) in [5.74, 6) is 1.79. The summed E-state index contributed by atoms with van der Waals surface area (Å²) in [5, 5.41) is 0. The van der Waals surface area contributed by atoms with Crippen molar-refractivity contribution in [2.75, 3.05) is 6.61 Å². The number of benzene rings is 1. The summed E-state index contributed by atoms with van der Waals surface area (Å²) >= 11 is 0. The highest BCUT2D eigenvalue weighted by molar-refractivity contribution is 5.42. The van der Waals surface area contributed by atoms with Gasteiger partial charge in [0.2, 0.25) is 0 Å². The van der Waals surface area contributed by atoms with Crippen LogP contribution in [0.4, 0.5) is 0 Å². The van der Waals surface area contributed by atoms with Gasteiger partial charge in [0.1, 0.15) is 0 Å². The molecule has 1 aliphatic carbocycles. The van der Waals surface area contributed by atoms with Crippen molar-refractivity contribution in [1.82, 2.24) is 0 Å². The Morgan fingerprint density at radius 3 is 2.47 bits per heavy atom. The fourth-order valence-electron chi connectivity index (χ4n) is 1.40. The van der Waals surface area contributed by atoms with Gasteiger partial charge in [0.15, 0.2) is 11.5 Å². The van der Waals surface area contributed by atoms with Crippen molar-refractivity contribution < 1.29 is 9.47 Å². The SMILES string of the molecule is CC.CCCOc1ccc(C)cc1OC1CC1. The first-order chi connectivity index (χ1) is 8.29. The molecule has 0 heterocycles. The molecule has 0 atom stereocenters. The number of rotatable bonds is 5. The van der Waals surface area contributed by atoms with Crippen LogP contribution < -0.4 is 9.47 Å². The van der Waals surface area contributed by atoms with E-state index in [1.165, 1.54) is 18.4 Å². The molecule has 2 heteroatoms.